The lowest BCUT2D eigenvalue weighted by molar-refractivity contribution is 0.156. The molecule has 0 saturated heterocycles. The molecular formula is C13H22O. The molecule has 0 N–H and O–H groups in total. The molecule has 0 aliphatic carbocycles. The van der Waals surface area contributed by atoms with Crippen molar-refractivity contribution in [2.24, 2.45) is 0 Å². The van der Waals surface area contributed by atoms with Gasteiger partial charge in [-0.15, -0.1) is 0 Å². The van der Waals surface area contributed by atoms with E-state index in [4.69, 9.17) is 4.74 Å². The maximum atomic E-state index is 5.64. The molecular weight excluding hydrogens is 172 g/mol. The zero-order valence-electron chi connectivity index (χ0n) is 9.46. The van der Waals surface area contributed by atoms with Gasteiger partial charge < -0.3 is 4.74 Å². The van der Waals surface area contributed by atoms with Crippen LogP contribution in [0.5, 0.6) is 0 Å². The normalized spacial score (nSPS) is 20.4. The molecule has 0 aromatic heterocycles. The molecule has 0 aromatic carbocycles. The Hall–Kier alpha value is -0.720. The van der Waals surface area contributed by atoms with Gasteiger partial charge in [0.05, 0.1) is 6.26 Å². The van der Waals surface area contributed by atoms with E-state index in [0.717, 1.165) is 0 Å². The maximum absolute atomic E-state index is 5.64. The Morgan fingerprint density at radius 2 is 2.00 bits per heavy atom. The maximum Gasteiger partial charge on any atom is 0.119 e. The van der Waals surface area contributed by atoms with Crippen LogP contribution in [0, 0.1) is 0 Å². The van der Waals surface area contributed by atoms with Crippen molar-refractivity contribution in [2.75, 3.05) is 0 Å². The van der Waals surface area contributed by atoms with Gasteiger partial charge in [0.2, 0.25) is 0 Å². The van der Waals surface area contributed by atoms with E-state index >= 15 is 0 Å². The second kappa shape index (κ2) is 6.69. The Morgan fingerprint density at radius 3 is 2.71 bits per heavy atom. The van der Waals surface area contributed by atoms with E-state index in [1.165, 1.54) is 44.1 Å². The van der Waals surface area contributed by atoms with Crippen LogP contribution >= 0.6 is 0 Å². The number of rotatable bonds is 6. The van der Waals surface area contributed by atoms with Crippen LogP contribution in [0.4, 0.5) is 0 Å². The number of unbranched alkanes of at least 4 members (excludes halogenated alkanes) is 2. The Morgan fingerprint density at radius 1 is 1.21 bits per heavy atom. The van der Waals surface area contributed by atoms with Crippen LogP contribution < -0.4 is 0 Å². The summed E-state index contributed by atoms with van der Waals surface area (Å²) in [6, 6.07) is 0. The minimum atomic E-state index is 0.367. The first-order valence-corrected chi connectivity index (χ1v) is 5.89. The molecule has 0 radical (unpaired) electrons. The summed E-state index contributed by atoms with van der Waals surface area (Å²) in [5.41, 5.74) is 1.49. The number of hydrogen-bond acceptors (Lipinski definition) is 1. The van der Waals surface area contributed by atoms with Crippen LogP contribution in [0.3, 0.4) is 0 Å². The van der Waals surface area contributed by atoms with E-state index in [9.17, 15) is 0 Å². The highest BCUT2D eigenvalue weighted by Gasteiger charge is 2.15. The molecule has 1 heterocycles. The molecule has 0 aromatic rings. The second-order valence-corrected chi connectivity index (χ2v) is 3.94. The van der Waals surface area contributed by atoms with Gasteiger partial charge in [0.25, 0.3) is 0 Å². The van der Waals surface area contributed by atoms with Crippen molar-refractivity contribution in [1.82, 2.24) is 0 Å². The largest absolute Gasteiger partial charge is 0.494 e. The van der Waals surface area contributed by atoms with Crippen LogP contribution in [0.25, 0.3) is 0 Å². The molecule has 1 atom stereocenters. The van der Waals surface area contributed by atoms with Crippen molar-refractivity contribution < 1.29 is 4.74 Å². The highest BCUT2D eigenvalue weighted by molar-refractivity contribution is 5.19. The van der Waals surface area contributed by atoms with Gasteiger partial charge >= 0.3 is 0 Å². The summed E-state index contributed by atoms with van der Waals surface area (Å²) in [7, 11) is 0. The average molecular weight is 194 g/mol. The van der Waals surface area contributed by atoms with Crippen LogP contribution in [-0.2, 0) is 4.74 Å². The molecule has 1 aliphatic heterocycles. The minimum absolute atomic E-state index is 0.367. The van der Waals surface area contributed by atoms with Crippen molar-refractivity contribution in [2.45, 2.75) is 58.5 Å². The minimum Gasteiger partial charge on any atom is -0.494 e. The molecule has 1 unspecified atom stereocenters. The molecule has 1 aliphatic rings. The van der Waals surface area contributed by atoms with E-state index < -0.39 is 0 Å². The highest BCUT2D eigenvalue weighted by Crippen LogP contribution is 2.22. The standard InChI is InChI=1S/C13H22O/c1-3-5-8-12-9-7-11-14-13(12)10-6-4-2/h7,9,11,13H,3-6,8,10H2,1-2H3. The summed E-state index contributed by atoms with van der Waals surface area (Å²) >= 11 is 0. The average Bonchev–Trinajstić information content (AvgIpc) is 2.24. The molecule has 0 spiro atoms. The van der Waals surface area contributed by atoms with Gasteiger partial charge in [-0.2, -0.15) is 0 Å². The predicted molar refractivity (Wildman–Crippen MR) is 61.1 cm³/mol. The first-order chi connectivity index (χ1) is 6.88. The van der Waals surface area contributed by atoms with E-state index in [1.54, 1.807) is 0 Å². The Kier molecular flexibility index (Phi) is 5.43. The van der Waals surface area contributed by atoms with Crippen molar-refractivity contribution in [3.8, 4) is 0 Å². The lowest BCUT2D eigenvalue weighted by Crippen LogP contribution is -2.15. The van der Waals surface area contributed by atoms with E-state index in [2.05, 4.69) is 19.9 Å². The summed E-state index contributed by atoms with van der Waals surface area (Å²) in [5, 5.41) is 0. The Balaban J connectivity index is 2.40. The van der Waals surface area contributed by atoms with Crippen molar-refractivity contribution in [3.05, 3.63) is 24.0 Å². The van der Waals surface area contributed by atoms with Crippen molar-refractivity contribution in [3.63, 3.8) is 0 Å². The van der Waals surface area contributed by atoms with Gasteiger partial charge in [-0.05, 0) is 37.3 Å². The van der Waals surface area contributed by atoms with Crippen molar-refractivity contribution in [1.29, 1.82) is 0 Å². The smallest absolute Gasteiger partial charge is 0.119 e. The summed E-state index contributed by atoms with van der Waals surface area (Å²) in [6.45, 7) is 4.47. The molecule has 0 amide bonds. The van der Waals surface area contributed by atoms with Gasteiger partial charge in [0, 0.05) is 0 Å². The molecule has 0 fully saturated rings. The third-order valence-electron chi connectivity index (χ3n) is 2.68. The van der Waals surface area contributed by atoms with E-state index in [-0.39, 0.29) is 0 Å². The number of allylic oxidation sites excluding steroid dienone is 2. The Labute approximate surface area is 87.8 Å². The summed E-state index contributed by atoms with van der Waals surface area (Å²) in [5.74, 6) is 0. The lowest BCUT2D eigenvalue weighted by Gasteiger charge is -2.22. The van der Waals surface area contributed by atoms with Crippen LogP contribution in [-0.4, -0.2) is 6.10 Å². The fraction of sp³-hybridized carbons (Fsp3) is 0.692. The summed E-state index contributed by atoms with van der Waals surface area (Å²) in [4.78, 5) is 0. The third kappa shape index (κ3) is 3.57. The predicted octanol–water partition coefficient (Wildman–Crippen LogP) is 4.21. The lowest BCUT2D eigenvalue weighted by atomic mass is 9.97. The molecule has 1 nitrogen and oxygen atoms in total. The third-order valence-corrected chi connectivity index (χ3v) is 2.68. The summed E-state index contributed by atoms with van der Waals surface area (Å²) in [6.07, 6.45) is 13.9. The molecule has 80 valence electrons. The fourth-order valence-corrected chi connectivity index (χ4v) is 1.77. The van der Waals surface area contributed by atoms with Gasteiger partial charge in [-0.1, -0.05) is 32.8 Å². The molecule has 0 bridgehead atoms. The van der Waals surface area contributed by atoms with Gasteiger partial charge in [-0.3, -0.25) is 0 Å². The zero-order chi connectivity index (χ0) is 10.2. The first-order valence-electron chi connectivity index (χ1n) is 5.89. The van der Waals surface area contributed by atoms with Crippen molar-refractivity contribution >= 4 is 0 Å². The van der Waals surface area contributed by atoms with Gasteiger partial charge in [-0.25, -0.2) is 0 Å². The van der Waals surface area contributed by atoms with Crippen LogP contribution in [0.15, 0.2) is 24.0 Å². The van der Waals surface area contributed by atoms with Crippen LogP contribution in [0.1, 0.15) is 52.4 Å². The molecule has 1 rings (SSSR count). The second-order valence-electron chi connectivity index (χ2n) is 3.94. The highest BCUT2D eigenvalue weighted by atomic mass is 16.5. The van der Waals surface area contributed by atoms with Crippen LogP contribution in [0.2, 0.25) is 0 Å². The first kappa shape index (κ1) is 11.4. The van der Waals surface area contributed by atoms with E-state index in [0.29, 0.717) is 6.10 Å². The molecule has 0 saturated carbocycles. The number of ether oxygens (including phenoxy) is 1. The molecule has 1 heteroatoms. The van der Waals surface area contributed by atoms with E-state index in [1.807, 2.05) is 12.3 Å². The van der Waals surface area contributed by atoms with Gasteiger partial charge in [0.1, 0.15) is 6.10 Å². The zero-order valence-corrected chi connectivity index (χ0v) is 9.46. The molecule has 14 heavy (non-hydrogen) atoms. The quantitative estimate of drug-likeness (QED) is 0.615. The number of hydrogen-bond donors (Lipinski definition) is 0. The SMILES string of the molecule is CCCCC1=CC=COC1CCCC. The monoisotopic (exact) mass is 194 g/mol. The summed E-state index contributed by atoms with van der Waals surface area (Å²) < 4.78 is 5.64. The van der Waals surface area contributed by atoms with Gasteiger partial charge in [0.15, 0.2) is 0 Å². The fourth-order valence-electron chi connectivity index (χ4n) is 1.77. The Bertz CT molecular complexity index is 203. The topological polar surface area (TPSA) is 9.23 Å².